The fourth-order valence-electron chi connectivity index (χ4n) is 2.18. The molecule has 2 N–H and O–H groups in total. The predicted octanol–water partition coefficient (Wildman–Crippen LogP) is 4.04. The summed E-state index contributed by atoms with van der Waals surface area (Å²) in [6.45, 7) is 7.51. The van der Waals surface area contributed by atoms with E-state index in [1.54, 1.807) is 26.8 Å². The highest BCUT2D eigenvalue weighted by Gasteiger charge is 2.30. The van der Waals surface area contributed by atoms with Crippen LogP contribution in [0.25, 0.3) is 0 Å². The molecular formula is C17H25BrFNO3. The first kappa shape index (κ1) is 19.9. The number of alkyl carbamates (subject to hydrolysis) is 1. The SMILES string of the molecule is CCC(CO)(CNC(=O)OC(C)(C)C)Cc1ccc(F)cc1Br. The zero-order valence-corrected chi connectivity index (χ0v) is 15.7. The van der Waals surface area contributed by atoms with Crippen molar-refractivity contribution in [1.82, 2.24) is 5.32 Å². The molecule has 1 aromatic rings. The number of rotatable bonds is 6. The van der Waals surface area contributed by atoms with Crippen LogP contribution in [0.2, 0.25) is 0 Å². The molecule has 1 amide bonds. The van der Waals surface area contributed by atoms with Crippen LogP contribution in [0.3, 0.4) is 0 Å². The van der Waals surface area contributed by atoms with Crippen LogP contribution >= 0.6 is 15.9 Å². The highest BCUT2D eigenvalue weighted by atomic mass is 79.9. The molecule has 1 aromatic carbocycles. The van der Waals surface area contributed by atoms with Crippen molar-refractivity contribution in [3.63, 3.8) is 0 Å². The van der Waals surface area contributed by atoms with E-state index in [4.69, 9.17) is 4.74 Å². The van der Waals surface area contributed by atoms with Crippen molar-refractivity contribution in [2.45, 2.75) is 46.1 Å². The summed E-state index contributed by atoms with van der Waals surface area (Å²) in [7, 11) is 0. The number of aliphatic hydroxyl groups is 1. The second-order valence-electron chi connectivity index (χ2n) is 6.78. The van der Waals surface area contributed by atoms with Gasteiger partial charge in [-0.3, -0.25) is 0 Å². The first-order valence-electron chi connectivity index (χ1n) is 7.62. The van der Waals surface area contributed by atoms with Gasteiger partial charge in [-0.15, -0.1) is 0 Å². The third kappa shape index (κ3) is 6.47. The monoisotopic (exact) mass is 389 g/mol. The number of ether oxygens (including phenoxy) is 1. The molecule has 130 valence electrons. The fourth-order valence-corrected chi connectivity index (χ4v) is 2.67. The first-order valence-corrected chi connectivity index (χ1v) is 8.42. The quantitative estimate of drug-likeness (QED) is 0.771. The lowest BCUT2D eigenvalue weighted by atomic mass is 9.80. The van der Waals surface area contributed by atoms with Crippen LogP contribution < -0.4 is 5.32 Å². The molecule has 0 bridgehead atoms. The molecule has 6 heteroatoms. The summed E-state index contributed by atoms with van der Waals surface area (Å²) in [5.41, 5.74) is -0.219. The zero-order chi connectivity index (χ0) is 17.7. The smallest absolute Gasteiger partial charge is 0.407 e. The van der Waals surface area contributed by atoms with Gasteiger partial charge in [0.2, 0.25) is 0 Å². The van der Waals surface area contributed by atoms with Crippen LogP contribution in [0.5, 0.6) is 0 Å². The maximum absolute atomic E-state index is 13.2. The van der Waals surface area contributed by atoms with Crippen molar-refractivity contribution in [2.24, 2.45) is 5.41 Å². The maximum atomic E-state index is 13.2. The average molecular weight is 390 g/mol. The van der Waals surface area contributed by atoms with Crippen LogP contribution in [-0.4, -0.2) is 30.0 Å². The van der Waals surface area contributed by atoms with Crippen LogP contribution in [-0.2, 0) is 11.2 Å². The van der Waals surface area contributed by atoms with Gasteiger partial charge in [0.25, 0.3) is 0 Å². The minimum absolute atomic E-state index is 0.0941. The summed E-state index contributed by atoms with van der Waals surface area (Å²) in [6.07, 6.45) is 0.654. The van der Waals surface area contributed by atoms with E-state index in [1.165, 1.54) is 12.1 Å². The largest absolute Gasteiger partial charge is 0.444 e. The molecule has 0 radical (unpaired) electrons. The molecule has 0 saturated heterocycles. The van der Waals surface area contributed by atoms with E-state index in [0.29, 0.717) is 17.3 Å². The van der Waals surface area contributed by atoms with E-state index in [9.17, 15) is 14.3 Å². The van der Waals surface area contributed by atoms with Crippen LogP contribution in [0.4, 0.5) is 9.18 Å². The van der Waals surface area contributed by atoms with E-state index >= 15 is 0 Å². The van der Waals surface area contributed by atoms with E-state index in [2.05, 4.69) is 21.2 Å². The Balaban J connectivity index is 2.80. The molecule has 0 aliphatic heterocycles. The minimum atomic E-state index is -0.571. The Morgan fingerprint density at radius 2 is 2.04 bits per heavy atom. The molecule has 0 aliphatic rings. The number of amides is 1. The topological polar surface area (TPSA) is 58.6 Å². The molecular weight excluding hydrogens is 365 g/mol. The Morgan fingerprint density at radius 1 is 1.39 bits per heavy atom. The van der Waals surface area contributed by atoms with Gasteiger partial charge in [-0.05, 0) is 51.3 Å². The highest BCUT2D eigenvalue weighted by Crippen LogP contribution is 2.30. The van der Waals surface area contributed by atoms with Crippen molar-refractivity contribution >= 4 is 22.0 Å². The third-order valence-corrected chi connectivity index (χ3v) is 4.41. The van der Waals surface area contributed by atoms with Gasteiger partial charge in [0.1, 0.15) is 11.4 Å². The van der Waals surface area contributed by atoms with Crippen LogP contribution in [0, 0.1) is 11.2 Å². The number of halogens is 2. The summed E-state index contributed by atoms with van der Waals surface area (Å²) in [4.78, 5) is 11.8. The standard InChI is InChI=1S/C17H25BrFNO3/c1-5-17(11-21,10-20-15(22)23-16(2,3)4)9-12-6-7-13(19)8-14(12)18/h6-8,21H,5,9-11H2,1-4H3,(H,20,22). The second kappa shape index (κ2) is 8.11. The Hall–Kier alpha value is -1.14. The number of carbonyl (C=O) groups excluding carboxylic acids is 1. The van der Waals surface area contributed by atoms with E-state index in [1.807, 2.05) is 6.92 Å². The van der Waals surface area contributed by atoms with Gasteiger partial charge in [-0.25, -0.2) is 9.18 Å². The second-order valence-corrected chi connectivity index (χ2v) is 7.63. The van der Waals surface area contributed by atoms with E-state index < -0.39 is 17.1 Å². The third-order valence-electron chi connectivity index (χ3n) is 3.67. The van der Waals surface area contributed by atoms with Gasteiger partial charge < -0.3 is 15.2 Å². The van der Waals surface area contributed by atoms with E-state index in [-0.39, 0.29) is 19.0 Å². The van der Waals surface area contributed by atoms with Crippen molar-refractivity contribution in [2.75, 3.05) is 13.2 Å². The molecule has 0 saturated carbocycles. The van der Waals surface area contributed by atoms with Crippen molar-refractivity contribution in [3.8, 4) is 0 Å². The van der Waals surface area contributed by atoms with Crippen molar-refractivity contribution in [3.05, 3.63) is 34.1 Å². The van der Waals surface area contributed by atoms with Gasteiger partial charge in [0, 0.05) is 16.4 Å². The Labute approximate surface area is 145 Å². The zero-order valence-electron chi connectivity index (χ0n) is 14.1. The van der Waals surface area contributed by atoms with Gasteiger partial charge >= 0.3 is 6.09 Å². The fraction of sp³-hybridized carbons (Fsp3) is 0.588. The first-order chi connectivity index (χ1) is 10.6. The Morgan fingerprint density at radius 3 is 2.52 bits per heavy atom. The van der Waals surface area contributed by atoms with Gasteiger partial charge in [0.15, 0.2) is 0 Å². The summed E-state index contributed by atoms with van der Waals surface area (Å²) in [5.74, 6) is -0.321. The summed E-state index contributed by atoms with van der Waals surface area (Å²) in [6, 6.07) is 4.47. The molecule has 23 heavy (non-hydrogen) atoms. The normalized spacial score (nSPS) is 14.2. The molecule has 0 heterocycles. The van der Waals surface area contributed by atoms with Crippen molar-refractivity contribution in [1.29, 1.82) is 0 Å². The average Bonchev–Trinajstić information content (AvgIpc) is 2.44. The number of carbonyl (C=O) groups is 1. The summed E-state index contributed by atoms with van der Waals surface area (Å²) in [5, 5.41) is 12.6. The number of hydrogen-bond donors (Lipinski definition) is 2. The predicted molar refractivity (Wildman–Crippen MR) is 91.9 cm³/mol. The molecule has 4 nitrogen and oxygen atoms in total. The highest BCUT2D eigenvalue weighted by molar-refractivity contribution is 9.10. The Kier molecular flexibility index (Phi) is 7.02. The number of hydrogen-bond acceptors (Lipinski definition) is 3. The lowest BCUT2D eigenvalue weighted by Crippen LogP contribution is -2.43. The van der Waals surface area contributed by atoms with Gasteiger partial charge in [-0.2, -0.15) is 0 Å². The molecule has 0 aliphatic carbocycles. The van der Waals surface area contributed by atoms with Crippen LogP contribution in [0.15, 0.2) is 22.7 Å². The summed E-state index contributed by atoms with van der Waals surface area (Å²) < 4.78 is 19.1. The van der Waals surface area contributed by atoms with Crippen molar-refractivity contribution < 1.29 is 19.0 Å². The van der Waals surface area contributed by atoms with Gasteiger partial charge in [0.05, 0.1) is 6.61 Å². The number of aliphatic hydroxyl groups excluding tert-OH is 1. The Bertz CT molecular complexity index is 539. The molecule has 1 unspecified atom stereocenters. The molecule has 0 spiro atoms. The lowest BCUT2D eigenvalue weighted by Gasteiger charge is -2.32. The minimum Gasteiger partial charge on any atom is -0.444 e. The lowest BCUT2D eigenvalue weighted by molar-refractivity contribution is 0.0461. The number of nitrogens with one attached hydrogen (secondary N) is 1. The van der Waals surface area contributed by atoms with Gasteiger partial charge in [-0.1, -0.05) is 28.9 Å². The summed E-state index contributed by atoms with van der Waals surface area (Å²) >= 11 is 3.34. The van der Waals surface area contributed by atoms with Crippen LogP contribution in [0.1, 0.15) is 39.7 Å². The molecule has 1 atom stereocenters. The molecule has 0 fully saturated rings. The maximum Gasteiger partial charge on any atom is 0.407 e. The molecule has 1 rings (SSSR count). The molecule has 0 aromatic heterocycles. The number of benzene rings is 1. The van der Waals surface area contributed by atoms with E-state index in [0.717, 1.165) is 5.56 Å².